The molecule has 0 unspecified atom stereocenters. The standard InChI is InChI=1S/C22H22FN3O3/c1-29-15-6-8-18-17(12-15)16(21(26-18)13-2-4-14(23)5-3-13)7-9-20(27)25-19-10-11-24-22(19)28/h2-6,8,12,19,26H,7,9-11H2,1H3,(H,24,28)(H,25,27)/t19-/m0/s1. The Labute approximate surface area is 167 Å². The number of halogens is 1. The largest absolute Gasteiger partial charge is 0.497 e. The Bertz CT molecular complexity index is 1060. The molecule has 2 heterocycles. The highest BCUT2D eigenvalue weighted by molar-refractivity contribution is 5.93. The number of hydrogen-bond donors (Lipinski definition) is 3. The third-order valence-corrected chi connectivity index (χ3v) is 5.23. The highest BCUT2D eigenvalue weighted by Gasteiger charge is 2.25. The van der Waals surface area contributed by atoms with Crippen LogP contribution in [-0.2, 0) is 16.0 Å². The zero-order valence-electron chi connectivity index (χ0n) is 16.0. The number of amides is 2. The van der Waals surface area contributed by atoms with Crippen molar-refractivity contribution in [1.82, 2.24) is 15.6 Å². The molecule has 1 aliphatic heterocycles. The Kier molecular flexibility index (Phi) is 5.20. The van der Waals surface area contributed by atoms with Crippen LogP contribution in [0.5, 0.6) is 5.75 Å². The normalized spacial score (nSPS) is 16.1. The molecule has 1 aliphatic rings. The molecule has 3 aromatic rings. The lowest BCUT2D eigenvalue weighted by molar-refractivity contribution is -0.127. The summed E-state index contributed by atoms with van der Waals surface area (Å²) in [7, 11) is 1.61. The molecule has 1 fully saturated rings. The van der Waals surface area contributed by atoms with Gasteiger partial charge in [-0.15, -0.1) is 0 Å². The summed E-state index contributed by atoms with van der Waals surface area (Å²) in [5.74, 6) is 0.106. The van der Waals surface area contributed by atoms with Crippen molar-refractivity contribution in [2.45, 2.75) is 25.3 Å². The first-order valence-corrected chi connectivity index (χ1v) is 9.57. The number of fused-ring (bicyclic) bond motifs is 1. The Balaban J connectivity index is 1.63. The number of carbonyl (C=O) groups is 2. The third kappa shape index (κ3) is 3.94. The van der Waals surface area contributed by atoms with Gasteiger partial charge < -0.3 is 20.4 Å². The van der Waals surface area contributed by atoms with Crippen LogP contribution in [0.25, 0.3) is 22.2 Å². The number of carbonyl (C=O) groups excluding carboxylic acids is 2. The lowest BCUT2D eigenvalue weighted by Crippen LogP contribution is -2.40. The first-order chi connectivity index (χ1) is 14.0. The van der Waals surface area contributed by atoms with E-state index in [2.05, 4.69) is 15.6 Å². The minimum atomic E-state index is -0.456. The summed E-state index contributed by atoms with van der Waals surface area (Å²) < 4.78 is 18.7. The Morgan fingerprint density at radius 3 is 2.72 bits per heavy atom. The number of hydrogen-bond acceptors (Lipinski definition) is 3. The molecule has 6 nitrogen and oxygen atoms in total. The number of aromatic nitrogens is 1. The SMILES string of the molecule is COc1ccc2[nH]c(-c3ccc(F)cc3)c(CCC(=O)N[C@H]3CCNC3=O)c2c1. The minimum absolute atomic E-state index is 0.137. The van der Waals surface area contributed by atoms with Gasteiger partial charge in [0.15, 0.2) is 0 Å². The van der Waals surface area contributed by atoms with E-state index in [1.807, 2.05) is 18.2 Å². The predicted molar refractivity (Wildman–Crippen MR) is 108 cm³/mol. The molecule has 0 radical (unpaired) electrons. The molecular formula is C22H22FN3O3. The van der Waals surface area contributed by atoms with E-state index in [1.54, 1.807) is 19.2 Å². The monoisotopic (exact) mass is 395 g/mol. The van der Waals surface area contributed by atoms with Crippen molar-refractivity contribution in [3.05, 3.63) is 53.8 Å². The summed E-state index contributed by atoms with van der Waals surface area (Å²) in [4.78, 5) is 27.5. The Morgan fingerprint density at radius 1 is 1.24 bits per heavy atom. The van der Waals surface area contributed by atoms with Crippen molar-refractivity contribution in [2.24, 2.45) is 0 Å². The van der Waals surface area contributed by atoms with Crippen LogP contribution in [0.3, 0.4) is 0 Å². The number of benzene rings is 2. The number of H-pyrrole nitrogens is 1. The highest BCUT2D eigenvalue weighted by atomic mass is 19.1. The molecule has 3 N–H and O–H groups in total. The van der Waals surface area contributed by atoms with Crippen molar-refractivity contribution in [3.8, 4) is 17.0 Å². The highest BCUT2D eigenvalue weighted by Crippen LogP contribution is 2.33. The van der Waals surface area contributed by atoms with Crippen LogP contribution in [0.4, 0.5) is 4.39 Å². The van der Waals surface area contributed by atoms with E-state index >= 15 is 0 Å². The van der Waals surface area contributed by atoms with Crippen molar-refractivity contribution in [1.29, 1.82) is 0 Å². The van der Waals surface area contributed by atoms with Crippen molar-refractivity contribution in [3.63, 3.8) is 0 Å². The number of aryl methyl sites for hydroxylation is 1. The lowest BCUT2D eigenvalue weighted by Gasteiger charge is -2.10. The van der Waals surface area contributed by atoms with Crippen molar-refractivity contribution >= 4 is 22.7 Å². The Hall–Kier alpha value is -3.35. The van der Waals surface area contributed by atoms with Gasteiger partial charge >= 0.3 is 0 Å². The zero-order chi connectivity index (χ0) is 20.4. The molecule has 1 atom stereocenters. The smallest absolute Gasteiger partial charge is 0.242 e. The number of aromatic amines is 1. The maximum atomic E-state index is 13.4. The maximum Gasteiger partial charge on any atom is 0.242 e. The third-order valence-electron chi connectivity index (χ3n) is 5.23. The molecule has 2 amide bonds. The average molecular weight is 395 g/mol. The molecule has 4 rings (SSSR count). The van der Waals surface area contributed by atoms with Crippen LogP contribution in [0, 0.1) is 5.82 Å². The predicted octanol–water partition coefficient (Wildman–Crippen LogP) is 2.92. The number of methoxy groups -OCH3 is 1. The summed E-state index contributed by atoms with van der Waals surface area (Å²) >= 11 is 0. The van der Waals surface area contributed by atoms with Gasteiger partial charge in [0.25, 0.3) is 0 Å². The summed E-state index contributed by atoms with van der Waals surface area (Å²) in [6.07, 6.45) is 1.32. The minimum Gasteiger partial charge on any atom is -0.497 e. The van der Waals surface area contributed by atoms with Gasteiger partial charge in [0.2, 0.25) is 11.8 Å². The first kappa shape index (κ1) is 19.0. The average Bonchev–Trinajstić information content (AvgIpc) is 3.29. The lowest BCUT2D eigenvalue weighted by atomic mass is 10.0. The molecule has 29 heavy (non-hydrogen) atoms. The molecular weight excluding hydrogens is 373 g/mol. The van der Waals surface area contributed by atoms with E-state index < -0.39 is 6.04 Å². The van der Waals surface area contributed by atoms with Crippen LogP contribution in [0.1, 0.15) is 18.4 Å². The molecule has 2 aromatic carbocycles. The van der Waals surface area contributed by atoms with Crippen molar-refractivity contribution in [2.75, 3.05) is 13.7 Å². The van der Waals surface area contributed by atoms with Crippen LogP contribution in [0.15, 0.2) is 42.5 Å². The van der Waals surface area contributed by atoms with E-state index in [0.29, 0.717) is 19.4 Å². The fourth-order valence-electron chi connectivity index (χ4n) is 3.71. The van der Waals surface area contributed by atoms with Gasteiger partial charge in [0.05, 0.1) is 7.11 Å². The second kappa shape index (κ2) is 7.95. The van der Waals surface area contributed by atoms with Gasteiger partial charge in [0.1, 0.15) is 17.6 Å². The van der Waals surface area contributed by atoms with E-state index in [1.165, 1.54) is 12.1 Å². The topological polar surface area (TPSA) is 83.2 Å². The maximum absolute atomic E-state index is 13.4. The molecule has 7 heteroatoms. The number of ether oxygens (including phenoxy) is 1. The fraction of sp³-hybridized carbons (Fsp3) is 0.273. The van der Waals surface area contributed by atoms with E-state index in [0.717, 1.165) is 33.5 Å². The quantitative estimate of drug-likeness (QED) is 0.600. The second-order valence-electron chi connectivity index (χ2n) is 7.10. The fourth-order valence-corrected chi connectivity index (χ4v) is 3.71. The van der Waals surface area contributed by atoms with Crippen LogP contribution < -0.4 is 15.4 Å². The van der Waals surface area contributed by atoms with Gasteiger partial charge in [-0.05, 0) is 66.4 Å². The summed E-state index contributed by atoms with van der Waals surface area (Å²) in [5, 5.41) is 6.46. The molecule has 0 spiro atoms. The molecule has 1 saturated heterocycles. The molecule has 0 saturated carbocycles. The number of nitrogens with one attached hydrogen (secondary N) is 3. The first-order valence-electron chi connectivity index (χ1n) is 9.57. The number of rotatable bonds is 6. The summed E-state index contributed by atoms with van der Waals surface area (Å²) in [6, 6.07) is 11.5. The summed E-state index contributed by atoms with van der Waals surface area (Å²) in [6.45, 7) is 0.584. The molecule has 1 aromatic heterocycles. The molecule has 0 aliphatic carbocycles. The van der Waals surface area contributed by atoms with Gasteiger partial charge in [-0.1, -0.05) is 0 Å². The van der Waals surface area contributed by atoms with Gasteiger partial charge in [-0.2, -0.15) is 0 Å². The van der Waals surface area contributed by atoms with Crippen molar-refractivity contribution < 1.29 is 18.7 Å². The van der Waals surface area contributed by atoms with Gasteiger partial charge in [0, 0.05) is 29.6 Å². The van der Waals surface area contributed by atoms with E-state index in [4.69, 9.17) is 4.74 Å². The van der Waals surface area contributed by atoms with Crippen LogP contribution >= 0.6 is 0 Å². The van der Waals surface area contributed by atoms with E-state index in [9.17, 15) is 14.0 Å². The van der Waals surface area contributed by atoms with Gasteiger partial charge in [-0.3, -0.25) is 9.59 Å². The van der Waals surface area contributed by atoms with Crippen LogP contribution in [0.2, 0.25) is 0 Å². The van der Waals surface area contributed by atoms with E-state index in [-0.39, 0.29) is 24.1 Å². The zero-order valence-corrected chi connectivity index (χ0v) is 16.0. The molecule has 0 bridgehead atoms. The summed E-state index contributed by atoms with van der Waals surface area (Å²) in [5.41, 5.74) is 3.55. The molecule has 150 valence electrons. The Morgan fingerprint density at radius 2 is 2.03 bits per heavy atom. The van der Waals surface area contributed by atoms with Crippen LogP contribution in [-0.4, -0.2) is 36.5 Å². The van der Waals surface area contributed by atoms with Gasteiger partial charge in [-0.25, -0.2) is 4.39 Å². The second-order valence-corrected chi connectivity index (χ2v) is 7.10.